The Morgan fingerprint density at radius 3 is 2.39 bits per heavy atom. The number of nitrogens with zero attached hydrogens (tertiary/aromatic N) is 3. The lowest BCUT2D eigenvalue weighted by atomic mass is 9.98. The van der Waals surface area contributed by atoms with Gasteiger partial charge in [0.05, 0.1) is 25.0 Å². The van der Waals surface area contributed by atoms with Gasteiger partial charge in [0.25, 0.3) is 0 Å². The van der Waals surface area contributed by atoms with Gasteiger partial charge in [-0.25, -0.2) is 8.42 Å². The Labute approximate surface area is 214 Å². The molecular weight excluding hydrogens is 478 g/mol. The number of piperidine rings is 1. The van der Waals surface area contributed by atoms with E-state index >= 15 is 0 Å². The molecule has 2 aliphatic heterocycles. The van der Waals surface area contributed by atoms with E-state index < -0.39 is 10.0 Å². The minimum absolute atomic E-state index is 0.0571. The standard InChI is InChI=1S/C27H35N3O5S/c1-34-25-13-12-24(20-26(25)35-2)36(32,33)30-15-7-11-23(21-30)27(31)29-18-16-28(17-19-29)14-6-10-22-8-4-3-5-9-22/h3-6,8-10,12-13,20,23H,7,11,14-19,21H2,1-2H3/b10-6+/t23-/m1/s1. The number of ether oxygens (including phenoxy) is 2. The number of carbonyl (C=O) groups excluding carboxylic acids is 1. The van der Waals surface area contributed by atoms with Gasteiger partial charge in [-0.15, -0.1) is 0 Å². The lowest BCUT2D eigenvalue weighted by Gasteiger charge is -2.38. The van der Waals surface area contributed by atoms with Gasteiger partial charge in [-0.2, -0.15) is 4.31 Å². The van der Waals surface area contributed by atoms with Crippen LogP contribution in [0.1, 0.15) is 18.4 Å². The lowest BCUT2D eigenvalue weighted by Crippen LogP contribution is -2.53. The summed E-state index contributed by atoms with van der Waals surface area (Å²) in [5.41, 5.74) is 1.18. The van der Waals surface area contributed by atoms with Crippen molar-refractivity contribution in [3.63, 3.8) is 0 Å². The molecule has 8 nitrogen and oxygen atoms in total. The molecule has 194 valence electrons. The van der Waals surface area contributed by atoms with E-state index in [1.807, 2.05) is 23.1 Å². The molecule has 0 bridgehead atoms. The Hall–Kier alpha value is -2.88. The first-order valence-corrected chi connectivity index (χ1v) is 13.8. The maximum atomic E-state index is 13.3. The molecule has 1 amide bonds. The summed E-state index contributed by atoms with van der Waals surface area (Å²) in [6.07, 6.45) is 5.64. The normalized spacial score (nSPS) is 19.9. The average molecular weight is 514 g/mol. The molecule has 0 spiro atoms. The van der Waals surface area contributed by atoms with Crippen molar-refractivity contribution < 1.29 is 22.7 Å². The highest BCUT2D eigenvalue weighted by Crippen LogP contribution is 2.32. The third-order valence-electron chi connectivity index (χ3n) is 6.88. The van der Waals surface area contributed by atoms with E-state index in [-0.39, 0.29) is 23.3 Å². The third kappa shape index (κ3) is 6.08. The lowest BCUT2D eigenvalue weighted by molar-refractivity contribution is -0.138. The minimum Gasteiger partial charge on any atom is -0.493 e. The van der Waals surface area contributed by atoms with Crippen molar-refractivity contribution in [3.8, 4) is 11.5 Å². The fourth-order valence-corrected chi connectivity index (χ4v) is 6.34. The van der Waals surface area contributed by atoms with Crippen LogP contribution in [0.25, 0.3) is 6.08 Å². The molecule has 2 aromatic carbocycles. The number of hydrogen-bond donors (Lipinski definition) is 0. The molecule has 2 heterocycles. The molecule has 2 fully saturated rings. The number of methoxy groups -OCH3 is 2. The molecule has 1 atom stereocenters. The summed E-state index contributed by atoms with van der Waals surface area (Å²) >= 11 is 0. The van der Waals surface area contributed by atoms with Gasteiger partial charge in [0, 0.05) is 51.9 Å². The molecule has 0 aromatic heterocycles. The fraction of sp³-hybridized carbons (Fsp3) is 0.444. The van der Waals surface area contributed by atoms with Crippen LogP contribution in [0.3, 0.4) is 0 Å². The van der Waals surface area contributed by atoms with E-state index in [1.165, 1.54) is 36.2 Å². The third-order valence-corrected chi connectivity index (χ3v) is 8.74. The number of sulfonamides is 1. The first kappa shape index (κ1) is 26.2. The SMILES string of the molecule is COc1ccc(S(=O)(=O)N2CCC[C@@H](C(=O)N3CCN(C/C=C/c4ccccc4)CC3)C2)cc1OC. The summed E-state index contributed by atoms with van der Waals surface area (Å²) in [4.78, 5) is 17.7. The Kier molecular flexibility index (Phi) is 8.66. The van der Waals surface area contributed by atoms with Gasteiger partial charge in [0.15, 0.2) is 11.5 Å². The second kappa shape index (κ2) is 11.9. The number of carbonyl (C=O) groups is 1. The first-order valence-electron chi connectivity index (χ1n) is 12.4. The van der Waals surface area contributed by atoms with Crippen LogP contribution in [0.5, 0.6) is 11.5 Å². The molecule has 9 heteroatoms. The van der Waals surface area contributed by atoms with E-state index in [0.717, 1.165) is 19.6 Å². The van der Waals surface area contributed by atoms with Crippen molar-refractivity contribution in [2.75, 3.05) is 60.0 Å². The van der Waals surface area contributed by atoms with E-state index in [1.54, 1.807) is 6.07 Å². The van der Waals surface area contributed by atoms with Crippen LogP contribution in [0.4, 0.5) is 0 Å². The molecule has 0 unspecified atom stereocenters. The van der Waals surface area contributed by atoms with Gasteiger partial charge in [-0.1, -0.05) is 42.5 Å². The monoisotopic (exact) mass is 513 g/mol. The van der Waals surface area contributed by atoms with Crippen LogP contribution in [-0.4, -0.2) is 88.5 Å². The summed E-state index contributed by atoms with van der Waals surface area (Å²) in [7, 11) is -0.764. The van der Waals surface area contributed by atoms with Crippen molar-refractivity contribution in [2.45, 2.75) is 17.7 Å². The van der Waals surface area contributed by atoms with Crippen molar-refractivity contribution in [1.29, 1.82) is 0 Å². The molecule has 0 saturated carbocycles. The molecule has 2 aromatic rings. The van der Waals surface area contributed by atoms with Gasteiger partial charge in [-0.05, 0) is 30.5 Å². The summed E-state index contributed by atoms with van der Waals surface area (Å²) < 4.78 is 38.6. The number of piperazine rings is 1. The Balaban J connectivity index is 1.33. The summed E-state index contributed by atoms with van der Waals surface area (Å²) in [6, 6.07) is 14.8. The predicted octanol–water partition coefficient (Wildman–Crippen LogP) is 2.96. The van der Waals surface area contributed by atoms with Crippen molar-refractivity contribution in [2.24, 2.45) is 5.92 Å². The highest BCUT2D eigenvalue weighted by Gasteiger charge is 2.36. The molecule has 0 aliphatic carbocycles. The van der Waals surface area contributed by atoms with E-state index in [9.17, 15) is 13.2 Å². The van der Waals surface area contributed by atoms with E-state index in [2.05, 4.69) is 29.2 Å². The van der Waals surface area contributed by atoms with Gasteiger partial charge in [0.1, 0.15) is 0 Å². The molecule has 2 saturated heterocycles. The molecular formula is C27H35N3O5S. The van der Waals surface area contributed by atoms with Gasteiger partial charge < -0.3 is 14.4 Å². The second-order valence-corrected chi connectivity index (χ2v) is 11.1. The maximum Gasteiger partial charge on any atom is 0.243 e. The Morgan fingerprint density at radius 1 is 0.972 bits per heavy atom. The summed E-state index contributed by atoms with van der Waals surface area (Å²) in [6.45, 7) is 4.40. The van der Waals surface area contributed by atoms with Crippen LogP contribution in [0.2, 0.25) is 0 Å². The van der Waals surface area contributed by atoms with Crippen LogP contribution in [0, 0.1) is 5.92 Å². The topological polar surface area (TPSA) is 79.4 Å². The average Bonchev–Trinajstić information content (AvgIpc) is 2.93. The molecule has 0 radical (unpaired) electrons. The molecule has 36 heavy (non-hydrogen) atoms. The first-order chi connectivity index (χ1) is 17.4. The largest absolute Gasteiger partial charge is 0.493 e. The fourth-order valence-electron chi connectivity index (χ4n) is 4.80. The van der Waals surface area contributed by atoms with Gasteiger partial charge in [0.2, 0.25) is 15.9 Å². The van der Waals surface area contributed by atoms with Crippen molar-refractivity contribution in [3.05, 3.63) is 60.2 Å². The Bertz CT molecular complexity index is 1160. The summed E-state index contributed by atoms with van der Waals surface area (Å²) in [5, 5.41) is 0. The van der Waals surface area contributed by atoms with Crippen molar-refractivity contribution >= 4 is 22.0 Å². The molecule has 2 aliphatic rings. The van der Waals surface area contributed by atoms with Gasteiger partial charge in [-0.3, -0.25) is 9.69 Å². The zero-order chi connectivity index (χ0) is 25.5. The predicted molar refractivity (Wildman–Crippen MR) is 140 cm³/mol. The quantitative estimate of drug-likeness (QED) is 0.540. The zero-order valence-corrected chi connectivity index (χ0v) is 21.8. The number of hydrogen-bond acceptors (Lipinski definition) is 6. The van der Waals surface area contributed by atoms with Crippen molar-refractivity contribution in [1.82, 2.24) is 14.1 Å². The molecule has 0 N–H and O–H groups in total. The number of rotatable bonds is 8. The molecule has 4 rings (SSSR count). The number of amides is 1. The Morgan fingerprint density at radius 2 is 1.69 bits per heavy atom. The van der Waals surface area contributed by atoms with Crippen LogP contribution >= 0.6 is 0 Å². The van der Waals surface area contributed by atoms with Gasteiger partial charge >= 0.3 is 0 Å². The highest BCUT2D eigenvalue weighted by molar-refractivity contribution is 7.89. The van der Waals surface area contributed by atoms with Crippen LogP contribution < -0.4 is 9.47 Å². The number of benzene rings is 2. The minimum atomic E-state index is -3.75. The van der Waals surface area contributed by atoms with Crippen LogP contribution in [0.15, 0.2) is 59.5 Å². The maximum absolute atomic E-state index is 13.3. The summed E-state index contributed by atoms with van der Waals surface area (Å²) in [5.74, 6) is 0.567. The van der Waals surface area contributed by atoms with E-state index in [0.29, 0.717) is 44.0 Å². The smallest absolute Gasteiger partial charge is 0.243 e. The van der Waals surface area contributed by atoms with E-state index in [4.69, 9.17) is 9.47 Å². The second-order valence-electron chi connectivity index (χ2n) is 9.16. The zero-order valence-electron chi connectivity index (χ0n) is 21.0. The van der Waals surface area contributed by atoms with Crippen LogP contribution in [-0.2, 0) is 14.8 Å². The highest BCUT2D eigenvalue weighted by atomic mass is 32.2.